The van der Waals surface area contributed by atoms with E-state index in [0.717, 1.165) is 30.0 Å². The van der Waals surface area contributed by atoms with Crippen LogP contribution >= 0.6 is 0 Å². The van der Waals surface area contributed by atoms with Crippen LogP contribution in [0.1, 0.15) is 32.3 Å². The zero-order valence-corrected chi connectivity index (χ0v) is 14.6. The molecule has 2 aromatic carbocycles. The lowest BCUT2D eigenvalue weighted by Gasteiger charge is -2.31. The van der Waals surface area contributed by atoms with Gasteiger partial charge in [-0.3, -0.25) is 0 Å². The molecule has 21 heavy (non-hydrogen) atoms. The molecule has 0 unspecified atom stereocenters. The Hall–Kier alpha value is -1.52. The summed E-state index contributed by atoms with van der Waals surface area (Å²) < 4.78 is 32.6. The van der Waals surface area contributed by atoms with Gasteiger partial charge in [0.1, 0.15) is 22.1 Å². The standard InChI is InChI=1S/C17H20F2OSi/c1-3-17(4-2,20-21)13-7-5-12(6-8-13)15-10-9-14(18)11-16(15)19/h5-11H,3-4H2,1-2,21H3. The Bertz CT molecular complexity index is 598. The van der Waals surface area contributed by atoms with Gasteiger partial charge in [-0.2, -0.15) is 0 Å². The SMILES string of the molecule is CCC(CC)(O[SiH3])c1ccc(-c2ccc(F)cc2F)cc1. The molecule has 0 saturated heterocycles. The predicted octanol–water partition coefficient (Wildman–Crippen LogP) is 3.94. The van der Waals surface area contributed by atoms with Crippen LogP contribution in [0.25, 0.3) is 11.1 Å². The van der Waals surface area contributed by atoms with Crippen molar-refractivity contribution in [3.05, 3.63) is 59.7 Å². The fourth-order valence-corrected chi connectivity index (χ4v) is 3.55. The Morgan fingerprint density at radius 2 is 1.62 bits per heavy atom. The lowest BCUT2D eigenvalue weighted by atomic mass is 9.87. The number of hydrogen-bond donors (Lipinski definition) is 0. The second-order valence-corrected chi connectivity index (χ2v) is 5.52. The molecule has 0 N–H and O–H groups in total. The van der Waals surface area contributed by atoms with Gasteiger partial charge >= 0.3 is 0 Å². The van der Waals surface area contributed by atoms with Crippen LogP contribution in [-0.4, -0.2) is 10.5 Å². The summed E-state index contributed by atoms with van der Waals surface area (Å²) in [5.41, 5.74) is 2.01. The van der Waals surface area contributed by atoms with Crippen LogP contribution in [0.2, 0.25) is 0 Å². The Balaban J connectivity index is 2.39. The van der Waals surface area contributed by atoms with Gasteiger partial charge in [-0.25, -0.2) is 8.78 Å². The fourth-order valence-electron chi connectivity index (χ4n) is 2.74. The fraction of sp³-hybridized carbons (Fsp3) is 0.294. The average Bonchev–Trinajstić information content (AvgIpc) is 2.50. The maximum absolute atomic E-state index is 13.8. The zero-order valence-electron chi connectivity index (χ0n) is 12.6. The van der Waals surface area contributed by atoms with E-state index in [-0.39, 0.29) is 5.60 Å². The van der Waals surface area contributed by atoms with Gasteiger partial charge in [-0.05, 0) is 36.1 Å². The van der Waals surface area contributed by atoms with Gasteiger partial charge in [0.25, 0.3) is 0 Å². The average molecular weight is 306 g/mol. The molecule has 0 spiro atoms. The Labute approximate surface area is 127 Å². The molecular formula is C17H20F2OSi. The van der Waals surface area contributed by atoms with Crippen LogP contribution < -0.4 is 0 Å². The van der Waals surface area contributed by atoms with E-state index in [1.54, 1.807) is 0 Å². The molecule has 0 radical (unpaired) electrons. The van der Waals surface area contributed by atoms with Crippen molar-refractivity contribution in [2.75, 3.05) is 0 Å². The van der Waals surface area contributed by atoms with Crippen molar-refractivity contribution >= 4 is 10.5 Å². The largest absolute Gasteiger partial charge is 0.418 e. The molecule has 1 nitrogen and oxygen atoms in total. The van der Waals surface area contributed by atoms with Crippen LogP contribution in [0.15, 0.2) is 42.5 Å². The zero-order chi connectivity index (χ0) is 15.5. The number of hydrogen-bond acceptors (Lipinski definition) is 1. The van der Waals surface area contributed by atoms with Crippen LogP contribution in [0.3, 0.4) is 0 Å². The summed E-state index contributed by atoms with van der Waals surface area (Å²) in [5, 5.41) is 0. The molecule has 4 heteroatoms. The smallest absolute Gasteiger partial charge is 0.147 e. The van der Waals surface area contributed by atoms with Crippen LogP contribution in [-0.2, 0) is 10.0 Å². The van der Waals surface area contributed by atoms with Crippen molar-refractivity contribution in [2.45, 2.75) is 32.3 Å². The number of halogens is 2. The molecule has 0 aliphatic rings. The lowest BCUT2D eigenvalue weighted by molar-refractivity contribution is 0.0685. The number of rotatable bonds is 5. The van der Waals surface area contributed by atoms with Crippen molar-refractivity contribution in [1.29, 1.82) is 0 Å². The summed E-state index contributed by atoms with van der Waals surface area (Å²) in [7, 11) is 0.670. The molecule has 0 bridgehead atoms. The molecule has 0 fully saturated rings. The minimum atomic E-state index is -0.562. The van der Waals surface area contributed by atoms with Gasteiger partial charge in [0.15, 0.2) is 0 Å². The second-order valence-electron chi connectivity index (χ2n) is 5.11. The van der Waals surface area contributed by atoms with Gasteiger partial charge in [-0.1, -0.05) is 38.1 Å². The first kappa shape index (κ1) is 15.9. The van der Waals surface area contributed by atoms with E-state index in [4.69, 9.17) is 4.43 Å². The Morgan fingerprint density at radius 3 is 2.10 bits per heavy atom. The highest BCUT2D eigenvalue weighted by Gasteiger charge is 2.27. The maximum atomic E-state index is 13.8. The minimum absolute atomic E-state index is 0.244. The van der Waals surface area contributed by atoms with Gasteiger partial charge in [0, 0.05) is 11.6 Å². The van der Waals surface area contributed by atoms with Crippen LogP contribution in [0.5, 0.6) is 0 Å². The minimum Gasteiger partial charge on any atom is -0.418 e. The summed E-state index contributed by atoms with van der Waals surface area (Å²) >= 11 is 0. The molecule has 0 aliphatic heterocycles. The molecule has 0 heterocycles. The normalized spacial score (nSPS) is 11.8. The third kappa shape index (κ3) is 3.06. The maximum Gasteiger partial charge on any atom is 0.147 e. The molecule has 0 aromatic heterocycles. The molecule has 2 rings (SSSR count). The van der Waals surface area contributed by atoms with E-state index in [2.05, 4.69) is 13.8 Å². The van der Waals surface area contributed by atoms with Crippen LogP contribution in [0.4, 0.5) is 8.78 Å². The predicted molar refractivity (Wildman–Crippen MR) is 85.1 cm³/mol. The highest BCUT2D eigenvalue weighted by atomic mass is 28.2. The van der Waals surface area contributed by atoms with Gasteiger partial charge in [-0.15, -0.1) is 0 Å². The second kappa shape index (κ2) is 6.50. The summed E-state index contributed by atoms with van der Waals surface area (Å²) in [6, 6.07) is 11.3. The first-order valence-corrected chi connectivity index (χ1v) is 7.99. The van der Waals surface area contributed by atoms with Gasteiger partial charge in [0.2, 0.25) is 0 Å². The summed E-state index contributed by atoms with van der Waals surface area (Å²) in [6.07, 6.45) is 1.80. The van der Waals surface area contributed by atoms with E-state index in [1.165, 1.54) is 12.1 Å². The quantitative estimate of drug-likeness (QED) is 0.760. The van der Waals surface area contributed by atoms with E-state index < -0.39 is 11.6 Å². The van der Waals surface area contributed by atoms with E-state index in [9.17, 15) is 8.78 Å². The monoisotopic (exact) mass is 306 g/mol. The van der Waals surface area contributed by atoms with Crippen molar-refractivity contribution < 1.29 is 13.2 Å². The van der Waals surface area contributed by atoms with Gasteiger partial charge in [0.05, 0.1) is 5.60 Å². The summed E-state index contributed by atoms with van der Waals surface area (Å²) in [4.78, 5) is 0. The first-order valence-electron chi connectivity index (χ1n) is 7.17. The molecule has 0 atom stereocenters. The Kier molecular flexibility index (Phi) is 4.90. The number of benzene rings is 2. The highest BCUT2D eigenvalue weighted by Crippen LogP contribution is 2.33. The molecule has 0 saturated carbocycles. The van der Waals surface area contributed by atoms with Crippen molar-refractivity contribution in [2.24, 2.45) is 0 Å². The molecular weight excluding hydrogens is 286 g/mol. The molecule has 2 aromatic rings. The van der Waals surface area contributed by atoms with Crippen molar-refractivity contribution in [1.82, 2.24) is 0 Å². The van der Waals surface area contributed by atoms with Crippen molar-refractivity contribution in [3.8, 4) is 11.1 Å². The topological polar surface area (TPSA) is 9.23 Å². The lowest BCUT2D eigenvalue weighted by Crippen LogP contribution is -2.27. The van der Waals surface area contributed by atoms with Crippen LogP contribution in [0, 0.1) is 11.6 Å². The molecule has 112 valence electrons. The first-order chi connectivity index (χ1) is 10.1. The highest BCUT2D eigenvalue weighted by molar-refractivity contribution is 5.98. The van der Waals surface area contributed by atoms with E-state index in [1.807, 2.05) is 24.3 Å². The Morgan fingerprint density at radius 1 is 1.00 bits per heavy atom. The molecule has 0 amide bonds. The third-order valence-electron chi connectivity index (χ3n) is 4.19. The summed E-state index contributed by atoms with van der Waals surface area (Å²) in [6.45, 7) is 4.21. The van der Waals surface area contributed by atoms with Crippen molar-refractivity contribution in [3.63, 3.8) is 0 Å². The van der Waals surface area contributed by atoms with E-state index >= 15 is 0 Å². The summed E-state index contributed by atoms with van der Waals surface area (Å²) in [5.74, 6) is -1.10. The molecule has 0 aliphatic carbocycles. The third-order valence-corrected chi connectivity index (χ3v) is 4.97. The van der Waals surface area contributed by atoms with Gasteiger partial charge < -0.3 is 4.43 Å². The van der Waals surface area contributed by atoms with E-state index in [0.29, 0.717) is 16.0 Å².